The average Bonchev–Trinajstić information content (AvgIpc) is 2.98. The Hall–Kier alpha value is -3.59. The van der Waals surface area contributed by atoms with Crippen LogP contribution in [0.3, 0.4) is 0 Å². The van der Waals surface area contributed by atoms with Gasteiger partial charge in [0.15, 0.2) is 13.2 Å². The molecule has 0 spiro atoms. The lowest BCUT2D eigenvalue weighted by Gasteiger charge is -2.16. The lowest BCUT2D eigenvalue weighted by atomic mass is 10.0. The summed E-state index contributed by atoms with van der Waals surface area (Å²) in [6.45, 7) is -0.00655. The van der Waals surface area contributed by atoms with Crippen LogP contribution >= 0.6 is 0 Å². The maximum Gasteiger partial charge on any atom is 0.422 e. The molecule has 0 aromatic heterocycles. The van der Waals surface area contributed by atoms with Crippen LogP contribution in [0.1, 0.15) is 24.0 Å². The molecule has 4 aromatic rings. The minimum atomic E-state index is -4.41. The van der Waals surface area contributed by atoms with Gasteiger partial charge in [-0.3, -0.25) is 4.55 Å². The number of hydrogen-bond donors (Lipinski definition) is 3. The summed E-state index contributed by atoms with van der Waals surface area (Å²) in [4.78, 5) is 0. The molecule has 0 saturated carbocycles. The van der Waals surface area contributed by atoms with Crippen molar-refractivity contribution in [3.63, 3.8) is 0 Å². The average molecular weight is 689 g/mol. The number of ether oxygens (including phenoxy) is 2. The third-order valence-corrected chi connectivity index (χ3v) is 6.84. The summed E-state index contributed by atoms with van der Waals surface area (Å²) in [7, 11) is -3.67. The van der Waals surface area contributed by atoms with Crippen molar-refractivity contribution >= 4 is 31.7 Å². The molecule has 0 aliphatic carbocycles. The molecule has 0 heterocycles. The lowest BCUT2D eigenvalue weighted by molar-refractivity contribution is -0.154. The van der Waals surface area contributed by atoms with E-state index in [4.69, 9.17) is 14.0 Å². The summed E-state index contributed by atoms with van der Waals surface area (Å²) in [6.07, 6.45) is -5.29. The van der Waals surface area contributed by atoms with Gasteiger partial charge < -0.3 is 20.1 Å². The van der Waals surface area contributed by atoms with Gasteiger partial charge in [-0.1, -0.05) is 60.7 Å². The molecule has 258 valence electrons. The van der Waals surface area contributed by atoms with Crippen LogP contribution in [-0.2, 0) is 23.0 Å². The molecule has 14 heteroatoms. The number of rotatable bonds is 15. The Bertz CT molecular complexity index is 1560. The Labute approximate surface area is 270 Å². The van der Waals surface area contributed by atoms with Crippen molar-refractivity contribution in [1.82, 2.24) is 10.6 Å². The van der Waals surface area contributed by atoms with Gasteiger partial charge in [0.05, 0.1) is 6.26 Å². The third kappa shape index (κ3) is 14.4. The Morgan fingerprint density at radius 2 is 0.979 bits per heavy atom. The van der Waals surface area contributed by atoms with Crippen LogP contribution in [0.15, 0.2) is 72.8 Å². The minimum absolute atomic E-state index is 0.246. The Morgan fingerprint density at radius 3 is 1.34 bits per heavy atom. The quantitative estimate of drug-likeness (QED) is 0.0696. The normalized spacial score (nSPS) is 12.2. The number of halogens is 6. The van der Waals surface area contributed by atoms with Gasteiger partial charge >= 0.3 is 12.4 Å². The van der Waals surface area contributed by atoms with E-state index in [0.717, 1.165) is 58.6 Å². The van der Waals surface area contributed by atoms with Gasteiger partial charge in [0.1, 0.15) is 11.5 Å². The standard InChI is InChI=1S/C32H34F6N2O2.CH4O3S/c33-31(34,35)21-41-29-13-11-23-7-1-3-9-25(23)27(29)15-19-39-17-5-6-18-40-20-16-28-26-10-4-2-8-24(26)12-14-30(28)42-22-32(36,37)38;1-5(2,3)4/h1-4,7-14,39-40H,5-6,15-22H2;1H3,(H,2,3,4). The van der Waals surface area contributed by atoms with Gasteiger partial charge in [0, 0.05) is 11.1 Å². The van der Waals surface area contributed by atoms with Crippen LogP contribution in [0, 0.1) is 0 Å². The third-order valence-electron chi connectivity index (χ3n) is 6.84. The molecule has 4 aromatic carbocycles. The highest BCUT2D eigenvalue weighted by Gasteiger charge is 2.29. The zero-order valence-electron chi connectivity index (χ0n) is 25.8. The number of hydrogen-bond acceptors (Lipinski definition) is 6. The summed E-state index contributed by atoms with van der Waals surface area (Å²) in [5, 5.41) is 10.4. The number of nitrogens with one attached hydrogen (secondary N) is 2. The van der Waals surface area contributed by atoms with Crippen LogP contribution in [0.2, 0.25) is 0 Å². The Morgan fingerprint density at radius 1 is 0.617 bits per heavy atom. The predicted molar refractivity (Wildman–Crippen MR) is 171 cm³/mol. The molecule has 47 heavy (non-hydrogen) atoms. The second-order valence-corrected chi connectivity index (χ2v) is 12.2. The molecule has 0 saturated heterocycles. The first-order valence-corrected chi connectivity index (χ1v) is 16.7. The van der Waals surface area contributed by atoms with Crippen LogP contribution in [-0.4, -0.2) is 71.0 Å². The van der Waals surface area contributed by atoms with Crippen molar-refractivity contribution in [1.29, 1.82) is 0 Å². The first kappa shape index (κ1) is 37.9. The predicted octanol–water partition coefficient (Wildman–Crippen LogP) is 7.12. The Balaban J connectivity index is 0.00000111. The lowest BCUT2D eigenvalue weighted by Crippen LogP contribution is -2.23. The molecule has 0 amide bonds. The van der Waals surface area contributed by atoms with Crippen LogP contribution in [0.5, 0.6) is 11.5 Å². The van der Waals surface area contributed by atoms with Crippen LogP contribution in [0.4, 0.5) is 26.3 Å². The molecule has 0 aliphatic heterocycles. The highest BCUT2D eigenvalue weighted by Crippen LogP contribution is 2.31. The van der Waals surface area contributed by atoms with Gasteiger partial charge in [-0.15, -0.1) is 0 Å². The fourth-order valence-corrected chi connectivity index (χ4v) is 4.91. The van der Waals surface area contributed by atoms with E-state index in [-0.39, 0.29) is 11.5 Å². The van der Waals surface area contributed by atoms with Crippen molar-refractivity contribution < 1.29 is 48.8 Å². The van der Waals surface area contributed by atoms with E-state index in [1.807, 2.05) is 48.5 Å². The topological polar surface area (TPSA) is 96.9 Å². The molecule has 0 fully saturated rings. The zero-order chi connectivity index (χ0) is 34.5. The van der Waals surface area contributed by atoms with E-state index < -0.39 is 35.7 Å². The second-order valence-electron chi connectivity index (χ2n) is 10.8. The smallest absolute Gasteiger partial charge is 0.422 e. The van der Waals surface area contributed by atoms with Crippen molar-refractivity contribution in [3.05, 3.63) is 83.9 Å². The molecule has 4 rings (SSSR count). The van der Waals surface area contributed by atoms with Crippen LogP contribution in [0.25, 0.3) is 21.5 Å². The largest absolute Gasteiger partial charge is 0.484 e. The van der Waals surface area contributed by atoms with E-state index in [1.165, 1.54) is 0 Å². The van der Waals surface area contributed by atoms with Gasteiger partial charge in [0.2, 0.25) is 0 Å². The summed E-state index contributed by atoms with van der Waals surface area (Å²) in [5.41, 5.74) is 1.50. The van der Waals surface area contributed by atoms with E-state index in [1.54, 1.807) is 24.3 Å². The number of unbranched alkanes of at least 4 members (excludes halogenated alkanes) is 1. The van der Waals surface area contributed by atoms with Crippen molar-refractivity contribution in [2.75, 3.05) is 45.6 Å². The molecule has 3 N–H and O–H groups in total. The molecule has 0 bridgehead atoms. The highest BCUT2D eigenvalue weighted by atomic mass is 32.2. The number of fused-ring (bicyclic) bond motifs is 2. The summed E-state index contributed by atoms with van der Waals surface area (Å²) < 4.78 is 113. The van der Waals surface area contributed by atoms with Crippen molar-refractivity contribution in [3.8, 4) is 11.5 Å². The molecule has 7 nitrogen and oxygen atoms in total. The van der Waals surface area contributed by atoms with Crippen molar-refractivity contribution in [2.45, 2.75) is 38.0 Å². The first-order valence-electron chi connectivity index (χ1n) is 14.8. The monoisotopic (exact) mass is 688 g/mol. The number of benzene rings is 4. The van der Waals surface area contributed by atoms with Gasteiger partial charge in [-0.05, 0) is 85.5 Å². The molecular formula is C33H38F6N2O5S. The summed E-state index contributed by atoms with van der Waals surface area (Å²) >= 11 is 0. The first-order chi connectivity index (χ1) is 22.1. The van der Waals surface area contributed by atoms with Gasteiger partial charge in [-0.2, -0.15) is 34.8 Å². The highest BCUT2D eigenvalue weighted by molar-refractivity contribution is 7.85. The zero-order valence-corrected chi connectivity index (χ0v) is 26.6. The van der Waals surface area contributed by atoms with E-state index >= 15 is 0 Å². The van der Waals surface area contributed by atoms with E-state index in [2.05, 4.69) is 10.6 Å². The van der Waals surface area contributed by atoms with E-state index in [9.17, 15) is 34.8 Å². The molecular weight excluding hydrogens is 650 g/mol. The summed E-state index contributed by atoms with van der Waals surface area (Å²) in [5.74, 6) is 0.491. The fraction of sp³-hybridized carbons (Fsp3) is 0.394. The molecule has 0 unspecified atom stereocenters. The summed E-state index contributed by atoms with van der Waals surface area (Å²) in [6, 6.07) is 21.8. The van der Waals surface area contributed by atoms with Crippen LogP contribution < -0.4 is 20.1 Å². The SMILES string of the molecule is CS(=O)(=O)O.FC(F)(F)COc1ccc2ccccc2c1CCNCCCCNCCc1c(OCC(F)(F)F)ccc2ccccc12. The fourth-order valence-electron chi connectivity index (χ4n) is 4.91. The molecule has 0 aliphatic rings. The Kier molecular flexibility index (Phi) is 14.1. The second kappa shape index (κ2) is 17.5. The maximum atomic E-state index is 12.7. The van der Waals surface area contributed by atoms with Gasteiger partial charge in [-0.25, -0.2) is 0 Å². The molecule has 0 radical (unpaired) electrons. The maximum absolute atomic E-state index is 12.7. The minimum Gasteiger partial charge on any atom is -0.484 e. The van der Waals surface area contributed by atoms with Crippen molar-refractivity contribution in [2.24, 2.45) is 0 Å². The van der Waals surface area contributed by atoms with E-state index in [0.29, 0.717) is 32.2 Å². The molecule has 0 atom stereocenters. The number of alkyl halides is 6. The van der Waals surface area contributed by atoms with Gasteiger partial charge in [0.25, 0.3) is 10.1 Å².